The van der Waals surface area contributed by atoms with Crippen LogP contribution < -0.4 is 11.1 Å². The first-order valence-electron chi connectivity index (χ1n) is 9.83. The van der Waals surface area contributed by atoms with Crippen molar-refractivity contribution >= 4 is 46.5 Å². The Labute approximate surface area is 199 Å². The molecule has 3 aromatic rings. The van der Waals surface area contributed by atoms with Crippen LogP contribution in [0.1, 0.15) is 23.7 Å². The maximum Gasteiger partial charge on any atom is 0.345 e. The number of nitro groups is 1. The smallest absolute Gasteiger partial charge is 0.345 e. The van der Waals surface area contributed by atoms with Crippen molar-refractivity contribution in [2.24, 2.45) is 0 Å². The summed E-state index contributed by atoms with van der Waals surface area (Å²) in [5, 5.41) is 14.8. The molecule has 0 bridgehead atoms. The van der Waals surface area contributed by atoms with Crippen LogP contribution in [-0.4, -0.2) is 27.0 Å². The number of benzene rings is 1. The van der Waals surface area contributed by atoms with Crippen molar-refractivity contribution in [1.82, 2.24) is 9.55 Å². The first-order valence-corrected chi connectivity index (χ1v) is 10.6. The number of halogens is 2. The lowest BCUT2D eigenvalue weighted by Gasteiger charge is -2.07. The third kappa shape index (κ3) is 6.03. The predicted octanol–water partition coefficient (Wildman–Crippen LogP) is 5.54. The minimum atomic E-state index is -0.584. The molecule has 11 heteroatoms. The summed E-state index contributed by atoms with van der Waals surface area (Å²) < 4.78 is 7.06. The molecule has 0 aliphatic rings. The molecule has 0 atom stereocenters. The highest BCUT2D eigenvalue weighted by Crippen LogP contribution is 2.34. The van der Waals surface area contributed by atoms with E-state index in [-0.39, 0.29) is 17.3 Å². The van der Waals surface area contributed by atoms with Gasteiger partial charge in [-0.2, -0.15) is 0 Å². The van der Waals surface area contributed by atoms with Gasteiger partial charge in [-0.1, -0.05) is 35.8 Å². The lowest BCUT2D eigenvalue weighted by atomic mass is 10.0. The number of aromatic nitrogens is 2. The van der Waals surface area contributed by atoms with E-state index in [4.69, 9.17) is 33.7 Å². The van der Waals surface area contributed by atoms with Crippen molar-refractivity contribution in [2.45, 2.75) is 19.9 Å². The average Bonchev–Trinajstić information content (AvgIpc) is 3.14. The molecule has 3 rings (SSSR count). The number of nitrogen functional groups attached to an aromatic ring is 1. The number of nitrogens with zero attached hydrogens (tertiary/aromatic N) is 3. The topological polar surface area (TPSA) is 125 Å². The molecular weight excluding hydrogens is 469 g/mol. The minimum Gasteiger partial charge on any atom is -0.428 e. The number of pyridine rings is 1. The minimum absolute atomic E-state index is 0.152. The van der Waals surface area contributed by atoms with Crippen LogP contribution in [0.25, 0.3) is 11.1 Å². The van der Waals surface area contributed by atoms with Crippen molar-refractivity contribution in [3.8, 4) is 11.1 Å². The van der Waals surface area contributed by atoms with Gasteiger partial charge in [0.2, 0.25) is 5.82 Å². The number of aryl methyl sites for hydroxylation is 1. The first-order chi connectivity index (χ1) is 15.7. The van der Waals surface area contributed by atoms with Gasteiger partial charge < -0.3 is 20.4 Å². The Bertz CT molecular complexity index is 1230. The van der Waals surface area contributed by atoms with Gasteiger partial charge >= 0.3 is 11.7 Å². The van der Waals surface area contributed by atoms with Crippen LogP contribution in [0.15, 0.2) is 55.1 Å². The molecule has 0 radical (unpaired) electrons. The first kappa shape index (κ1) is 24.1. The van der Waals surface area contributed by atoms with Crippen molar-refractivity contribution < 1.29 is 14.5 Å². The summed E-state index contributed by atoms with van der Waals surface area (Å²) in [6.45, 7) is 6.29. The van der Waals surface area contributed by atoms with Gasteiger partial charge in [-0.25, -0.2) is 9.78 Å². The molecule has 1 aromatic carbocycles. The highest BCUT2D eigenvalue weighted by molar-refractivity contribution is 6.36. The monoisotopic (exact) mass is 489 g/mol. The molecule has 33 heavy (non-hydrogen) atoms. The quantitative estimate of drug-likeness (QED) is 0.133. The maximum atomic E-state index is 12.6. The van der Waals surface area contributed by atoms with Gasteiger partial charge in [0.15, 0.2) is 0 Å². The van der Waals surface area contributed by atoms with Gasteiger partial charge in [-0.3, -0.25) is 10.1 Å². The van der Waals surface area contributed by atoms with Crippen LogP contribution >= 0.6 is 23.2 Å². The summed E-state index contributed by atoms with van der Waals surface area (Å²) in [4.78, 5) is 26.9. The van der Waals surface area contributed by atoms with Crippen LogP contribution in [0.5, 0.6) is 0 Å². The Balaban J connectivity index is 1.73. The molecule has 172 valence electrons. The molecule has 0 saturated carbocycles. The van der Waals surface area contributed by atoms with E-state index >= 15 is 0 Å². The number of carbonyl (C=O) groups is 1. The third-order valence-corrected chi connectivity index (χ3v) is 5.13. The zero-order chi connectivity index (χ0) is 24.1. The number of hydrogen-bond donors (Lipinski definition) is 2. The van der Waals surface area contributed by atoms with E-state index in [2.05, 4.69) is 16.9 Å². The Morgan fingerprint density at radius 2 is 2.03 bits per heavy atom. The molecule has 0 aliphatic carbocycles. The summed E-state index contributed by atoms with van der Waals surface area (Å²) in [5.74, 6) is 0.0245. The summed E-state index contributed by atoms with van der Waals surface area (Å²) in [6.07, 6.45) is 4.16. The normalized spacial score (nSPS) is 10.6. The van der Waals surface area contributed by atoms with E-state index < -0.39 is 10.9 Å². The van der Waals surface area contributed by atoms with Crippen LogP contribution in [-0.2, 0) is 11.3 Å². The molecule has 3 N–H and O–H groups in total. The van der Waals surface area contributed by atoms with Crippen molar-refractivity contribution in [3.05, 3.63) is 80.8 Å². The second kappa shape index (κ2) is 10.4. The zero-order valence-corrected chi connectivity index (χ0v) is 19.2. The highest BCUT2D eigenvalue weighted by atomic mass is 35.5. The molecule has 0 saturated heterocycles. The third-order valence-electron chi connectivity index (χ3n) is 4.59. The number of rotatable bonds is 9. The van der Waals surface area contributed by atoms with Crippen molar-refractivity contribution in [3.63, 3.8) is 0 Å². The van der Waals surface area contributed by atoms with Crippen LogP contribution in [0, 0.1) is 10.1 Å². The number of nitrogens with one attached hydrogen (secondary N) is 1. The zero-order valence-electron chi connectivity index (χ0n) is 17.7. The molecule has 0 amide bonds. The number of carbonyl (C=O) groups excluding carboxylic acids is 1. The Morgan fingerprint density at radius 1 is 1.27 bits per heavy atom. The lowest BCUT2D eigenvalue weighted by molar-refractivity contribution is -0.384. The fourth-order valence-electron chi connectivity index (χ4n) is 3.13. The highest BCUT2D eigenvalue weighted by Gasteiger charge is 2.20. The number of esters is 1. The van der Waals surface area contributed by atoms with Gasteiger partial charge in [-0.15, -0.1) is 0 Å². The van der Waals surface area contributed by atoms with E-state index in [0.29, 0.717) is 52.1 Å². The molecule has 9 nitrogen and oxygen atoms in total. The van der Waals surface area contributed by atoms with Crippen LogP contribution in [0.4, 0.5) is 17.3 Å². The number of ether oxygens (including phenoxy) is 1. The van der Waals surface area contributed by atoms with Gasteiger partial charge in [0.1, 0.15) is 5.82 Å². The molecular formula is C22H21Cl2N5O4. The summed E-state index contributed by atoms with van der Waals surface area (Å²) in [6, 6.07) is 7.85. The fourth-order valence-corrected chi connectivity index (χ4v) is 3.64. The Kier molecular flexibility index (Phi) is 7.57. The predicted molar refractivity (Wildman–Crippen MR) is 129 cm³/mol. The van der Waals surface area contributed by atoms with Crippen molar-refractivity contribution in [1.29, 1.82) is 0 Å². The molecule has 2 heterocycles. The van der Waals surface area contributed by atoms with Gasteiger partial charge in [0, 0.05) is 52.7 Å². The standard InChI is InChI=1S/C22H21Cl2N5O4/c1-13(2)33-22(30)17-12-28(11-16(17)15-5-4-14(23)10-18(15)24)9-3-8-26-20-7-6-19(29(31)32)21(25)27-20/h4-7,10-12H,1,3,8-9H2,2H3,(H3,25,26,27). The summed E-state index contributed by atoms with van der Waals surface area (Å²) in [7, 11) is 0. The van der Waals surface area contributed by atoms with E-state index in [1.165, 1.54) is 12.1 Å². The average molecular weight is 490 g/mol. The lowest BCUT2D eigenvalue weighted by Crippen LogP contribution is -2.08. The summed E-state index contributed by atoms with van der Waals surface area (Å²) >= 11 is 12.4. The van der Waals surface area contributed by atoms with E-state index in [0.717, 1.165) is 0 Å². The largest absolute Gasteiger partial charge is 0.428 e. The molecule has 0 unspecified atom stereocenters. The van der Waals surface area contributed by atoms with Gasteiger partial charge in [0.05, 0.1) is 16.2 Å². The maximum absolute atomic E-state index is 12.6. The molecule has 0 spiro atoms. The second-order valence-electron chi connectivity index (χ2n) is 7.18. The number of anilines is 2. The van der Waals surface area contributed by atoms with E-state index in [1.54, 1.807) is 31.3 Å². The summed E-state index contributed by atoms with van der Waals surface area (Å²) in [5.41, 5.74) is 6.98. The van der Waals surface area contributed by atoms with E-state index in [9.17, 15) is 14.9 Å². The molecule has 0 aliphatic heterocycles. The van der Waals surface area contributed by atoms with Crippen LogP contribution in [0.3, 0.4) is 0 Å². The number of hydrogen-bond acceptors (Lipinski definition) is 7. The SMILES string of the molecule is C=C(C)OC(=O)c1cn(CCCNc2ccc([N+](=O)[O-])c(N)n2)cc1-c1ccc(Cl)cc1Cl. The van der Waals surface area contributed by atoms with Gasteiger partial charge in [-0.05, 0) is 31.5 Å². The second-order valence-corrected chi connectivity index (χ2v) is 8.02. The fraction of sp³-hybridized carbons (Fsp3) is 0.182. The Hall–Kier alpha value is -3.56. The molecule has 2 aromatic heterocycles. The number of nitrogens with two attached hydrogens (primary N) is 1. The van der Waals surface area contributed by atoms with Gasteiger partial charge in [0.25, 0.3) is 0 Å². The van der Waals surface area contributed by atoms with Crippen LogP contribution in [0.2, 0.25) is 10.0 Å². The number of allylic oxidation sites excluding steroid dienone is 1. The Morgan fingerprint density at radius 3 is 2.67 bits per heavy atom. The van der Waals surface area contributed by atoms with E-state index in [1.807, 2.05) is 10.8 Å². The molecule has 0 fully saturated rings. The van der Waals surface area contributed by atoms with Crippen molar-refractivity contribution in [2.75, 3.05) is 17.6 Å².